The lowest BCUT2D eigenvalue weighted by atomic mass is 9.72. The lowest BCUT2D eigenvalue weighted by Crippen LogP contribution is -2.46. The molecule has 146 valence electrons. The van der Waals surface area contributed by atoms with Crippen LogP contribution in [-0.2, 0) is 19.7 Å². The van der Waals surface area contributed by atoms with Gasteiger partial charge in [-0.3, -0.25) is 4.79 Å². The molecule has 0 saturated heterocycles. The Morgan fingerprint density at radius 3 is 2.36 bits per heavy atom. The van der Waals surface area contributed by atoms with Gasteiger partial charge in [0.15, 0.2) is 0 Å². The molecule has 5 heteroatoms. The predicted molar refractivity (Wildman–Crippen MR) is 107 cm³/mol. The SMILES string of the molecule is Cc1ccc([C@]2(CCC=O)C(=O)N(C(=O)OC(C)(C)C)c3ccccc32)cc1. The highest BCUT2D eigenvalue weighted by molar-refractivity contribution is 6.22. The van der Waals surface area contributed by atoms with Crippen LogP contribution in [-0.4, -0.2) is 23.9 Å². The summed E-state index contributed by atoms with van der Waals surface area (Å²) in [6.07, 6.45) is 0.595. The summed E-state index contributed by atoms with van der Waals surface area (Å²) in [5, 5.41) is 0. The molecule has 0 spiro atoms. The lowest BCUT2D eigenvalue weighted by Gasteiger charge is -2.29. The van der Waals surface area contributed by atoms with Crippen molar-refractivity contribution in [2.45, 2.75) is 51.6 Å². The number of rotatable bonds is 4. The van der Waals surface area contributed by atoms with Gasteiger partial charge in [-0.05, 0) is 51.3 Å². The highest BCUT2D eigenvalue weighted by atomic mass is 16.6. The van der Waals surface area contributed by atoms with Crippen molar-refractivity contribution in [2.24, 2.45) is 0 Å². The number of carbonyl (C=O) groups is 3. The highest BCUT2D eigenvalue weighted by Gasteiger charge is 2.54. The summed E-state index contributed by atoms with van der Waals surface area (Å²) in [7, 11) is 0. The van der Waals surface area contributed by atoms with Crippen LogP contribution in [0.15, 0.2) is 48.5 Å². The van der Waals surface area contributed by atoms with Gasteiger partial charge in [0.2, 0.25) is 0 Å². The fourth-order valence-corrected chi connectivity index (χ4v) is 3.71. The van der Waals surface area contributed by atoms with Crippen molar-refractivity contribution in [1.29, 1.82) is 0 Å². The third kappa shape index (κ3) is 3.33. The van der Waals surface area contributed by atoms with Gasteiger partial charge in [0, 0.05) is 6.42 Å². The van der Waals surface area contributed by atoms with Gasteiger partial charge in [0.1, 0.15) is 17.3 Å². The number of hydrogen-bond donors (Lipinski definition) is 0. The van der Waals surface area contributed by atoms with Gasteiger partial charge < -0.3 is 9.53 Å². The van der Waals surface area contributed by atoms with E-state index in [1.165, 1.54) is 0 Å². The van der Waals surface area contributed by atoms with Gasteiger partial charge in [0.25, 0.3) is 5.91 Å². The number of imide groups is 1. The Morgan fingerprint density at radius 1 is 1.11 bits per heavy atom. The van der Waals surface area contributed by atoms with Gasteiger partial charge in [-0.25, -0.2) is 9.69 Å². The average molecular weight is 379 g/mol. The first-order chi connectivity index (χ1) is 13.2. The van der Waals surface area contributed by atoms with Crippen LogP contribution in [0.2, 0.25) is 0 Å². The van der Waals surface area contributed by atoms with E-state index in [-0.39, 0.29) is 18.7 Å². The molecule has 28 heavy (non-hydrogen) atoms. The Kier molecular flexibility index (Phi) is 5.11. The number of carbonyl (C=O) groups excluding carboxylic acids is 3. The Hall–Kier alpha value is -2.95. The molecule has 0 fully saturated rings. The van der Waals surface area contributed by atoms with Crippen LogP contribution in [0.25, 0.3) is 0 Å². The van der Waals surface area contributed by atoms with Gasteiger partial charge in [0.05, 0.1) is 5.69 Å². The van der Waals surface area contributed by atoms with Crippen LogP contribution in [0.4, 0.5) is 10.5 Å². The van der Waals surface area contributed by atoms with E-state index in [4.69, 9.17) is 4.74 Å². The topological polar surface area (TPSA) is 63.7 Å². The Labute approximate surface area is 165 Å². The van der Waals surface area contributed by atoms with Crippen LogP contribution < -0.4 is 4.90 Å². The van der Waals surface area contributed by atoms with Crippen LogP contribution in [0.5, 0.6) is 0 Å². The molecule has 1 aliphatic rings. The molecule has 0 unspecified atom stereocenters. The van der Waals surface area contributed by atoms with Crippen molar-refractivity contribution in [3.63, 3.8) is 0 Å². The monoisotopic (exact) mass is 379 g/mol. The highest BCUT2D eigenvalue weighted by Crippen LogP contribution is 2.49. The van der Waals surface area contributed by atoms with Gasteiger partial charge >= 0.3 is 6.09 Å². The van der Waals surface area contributed by atoms with Crippen molar-refractivity contribution >= 4 is 24.0 Å². The molecule has 0 N–H and O–H groups in total. The first kappa shape index (κ1) is 19.8. The molecule has 0 bridgehead atoms. The molecule has 0 aromatic heterocycles. The second kappa shape index (κ2) is 7.23. The lowest BCUT2D eigenvalue weighted by molar-refractivity contribution is -0.122. The van der Waals surface area contributed by atoms with Gasteiger partial charge in [-0.15, -0.1) is 0 Å². The maximum absolute atomic E-state index is 13.7. The van der Waals surface area contributed by atoms with E-state index in [1.807, 2.05) is 43.3 Å². The fraction of sp³-hybridized carbons (Fsp3) is 0.348. The average Bonchev–Trinajstić information content (AvgIpc) is 2.88. The number of hydrogen-bond acceptors (Lipinski definition) is 4. The standard InChI is InChI=1S/C23H25NO4/c1-16-10-12-17(13-11-16)23(14-7-15-25)18-8-5-6-9-19(18)24(20(23)26)21(27)28-22(2,3)4/h5-6,8-13,15H,7,14H2,1-4H3/t23-/m0/s1. The summed E-state index contributed by atoms with van der Waals surface area (Å²) in [4.78, 5) is 38.9. The number of anilines is 1. The third-order valence-electron chi connectivity index (χ3n) is 4.93. The summed E-state index contributed by atoms with van der Waals surface area (Å²) in [6.45, 7) is 7.25. The van der Waals surface area contributed by atoms with Gasteiger partial charge in [-0.1, -0.05) is 48.0 Å². The molecule has 0 aliphatic carbocycles. The van der Waals surface area contributed by atoms with Crippen molar-refractivity contribution in [2.75, 3.05) is 4.90 Å². The zero-order valence-electron chi connectivity index (χ0n) is 16.7. The molecular formula is C23H25NO4. The molecule has 0 radical (unpaired) electrons. The van der Waals surface area contributed by atoms with Crippen molar-refractivity contribution in [1.82, 2.24) is 0 Å². The van der Waals surface area contributed by atoms with E-state index in [2.05, 4.69) is 0 Å². The molecule has 1 heterocycles. The Bertz CT molecular complexity index is 911. The van der Waals surface area contributed by atoms with Crippen LogP contribution in [0, 0.1) is 6.92 Å². The Morgan fingerprint density at radius 2 is 1.75 bits per heavy atom. The van der Waals surface area contributed by atoms with E-state index >= 15 is 0 Å². The first-order valence-electron chi connectivity index (χ1n) is 9.38. The first-order valence-corrected chi connectivity index (χ1v) is 9.38. The van der Waals surface area contributed by atoms with E-state index in [1.54, 1.807) is 32.9 Å². The summed E-state index contributed by atoms with van der Waals surface area (Å²) in [5.74, 6) is -0.381. The van der Waals surface area contributed by atoms with Crippen LogP contribution in [0.1, 0.15) is 50.3 Å². The normalized spacial score (nSPS) is 18.7. The molecule has 1 atom stereocenters. The summed E-state index contributed by atoms with van der Waals surface area (Å²) < 4.78 is 5.50. The molecule has 1 aliphatic heterocycles. The molecule has 5 nitrogen and oxygen atoms in total. The predicted octanol–water partition coefficient (Wildman–Crippen LogP) is 4.54. The number of benzene rings is 2. The second-order valence-electron chi connectivity index (χ2n) is 8.11. The van der Waals surface area contributed by atoms with Crippen LogP contribution in [0.3, 0.4) is 0 Å². The number of nitrogens with zero attached hydrogens (tertiary/aromatic N) is 1. The van der Waals surface area contributed by atoms with Crippen molar-refractivity contribution < 1.29 is 19.1 Å². The largest absolute Gasteiger partial charge is 0.443 e. The molecule has 0 saturated carbocycles. The second-order valence-corrected chi connectivity index (χ2v) is 8.11. The number of para-hydroxylation sites is 1. The quantitative estimate of drug-likeness (QED) is 0.732. The number of amides is 2. The molecule has 2 amide bonds. The van der Waals surface area contributed by atoms with Gasteiger partial charge in [-0.2, -0.15) is 0 Å². The van der Waals surface area contributed by atoms with E-state index in [0.717, 1.165) is 27.9 Å². The van der Waals surface area contributed by atoms with E-state index in [0.29, 0.717) is 5.69 Å². The smallest absolute Gasteiger partial charge is 0.421 e. The molecule has 2 aromatic rings. The molecule has 3 rings (SSSR count). The number of aryl methyl sites for hydroxylation is 1. The maximum Gasteiger partial charge on any atom is 0.421 e. The summed E-state index contributed by atoms with van der Waals surface area (Å²) in [5.41, 5.74) is 1.23. The zero-order valence-corrected chi connectivity index (χ0v) is 16.7. The minimum atomic E-state index is -1.10. The van der Waals surface area contributed by atoms with Crippen molar-refractivity contribution in [3.8, 4) is 0 Å². The number of aldehydes is 1. The molecular weight excluding hydrogens is 354 g/mol. The van der Waals surface area contributed by atoms with E-state index < -0.39 is 17.1 Å². The summed E-state index contributed by atoms with van der Waals surface area (Å²) in [6, 6.07) is 14.9. The third-order valence-corrected chi connectivity index (χ3v) is 4.93. The molecule has 2 aromatic carbocycles. The van der Waals surface area contributed by atoms with Crippen molar-refractivity contribution in [3.05, 3.63) is 65.2 Å². The minimum Gasteiger partial charge on any atom is -0.443 e. The van der Waals surface area contributed by atoms with Crippen LogP contribution >= 0.6 is 0 Å². The summed E-state index contributed by atoms with van der Waals surface area (Å²) >= 11 is 0. The number of fused-ring (bicyclic) bond motifs is 1. The maximum atomic E-state index is 13.7. The fourth-order valence-electron chi connectivity index (χ4n) is 3.71. The zero-order chi connectivity index (χ0) is 20.5. The number of ether oxygens (including phenoxy) is 1. The minimum absolute atomic E-state index is 0.204. The van der Waals surface area contributed by atoms with E-state index in [9.17, 15) is 14.4 Å². The Balaban J connectivity index is 2.20.